The van der Waals surface area contributed by atoms with Crippen molar-refractivity contribution in [2.24, 2.45) is 12.2 Å². The Kier molecular flexibility index (Phi) is 4.74. The van der Waals surface area contributed by atoms with Crippen LogP contribution in [0.5, 0.6) is 0 Å². The van der Waals surface area contributed by atoms with Crippen LogP contribution >= 0.6 is 0 Å². The number of aliphatic hydroxyl groups excluding tert-OH is 1. The highest BCUT2D eigenvalue weighted by molar-refractivity contribution is 5.96. The summed E-state index contributed by atoms with van der Waals surface area (Å²) in [5.41, 5.74) is 3.88. The zero-order valence-corrected chi connectivity index (χ0v) is 15.5. The summed E-state index contributed by atoms with van der Waals surface area (Å²) in [6, 6.07) is 6.90. The molecule has 0 aliphatic rings. The lowest BCUT2D eigenvalue weighted by molar-refractivity contribution is 0.0986. The van der Waals surface area contributed by atoms with Gasteiger partial charge in [0.15, 0.2) is 5.65 Å². The third kappa shape index (κ3) is 3.31. The Hall–Kier alpha value is -3.33. The van der Waals surface area contributed by atoms with Gasteiger partial charge in [0.1, 0.15) is 23.8 Å². The summed E-state index contributed by atoms with van der Waals surface area (Å²) in [4.78, 5) is 9.34. The SMILES string of the molecule is CC(=NOCCO)c1ccc2ncc(Cc3cc4cnn(C)c4cc3F)n2n1. The van der Waals surface area contributed by atoms with Crippen molar-refractivity contribution in [2.75, 3.05) is 13.2 Å². The fourth-order valence-corrected chi connectivity index (χ4v) is 3.02. The number of fused-ring (bicyclic) bond motifs is 2. The molecule has 0 saturated carbocycles. The van der Waals surface area contributed by atoms with Gasteiger partial charge >= 0.3 is 0 Å². The summed E-state index contributed by atoms with van der Waals surface area (Å²) < 4.78 is 17.9. The van der Waals surface area contributed by atoms with Crippen molar-refractivity contribution >= 4 is 22.3 Å². The first-order chi connectivity index (χ1) is 13.6. The molecule has 0 atom stereocenters. The molecule has 3 aromatic heterocycles. The van der Waals surface area contributed by atoms with E-state index in [-0.39, 0.29) is 19.0 Å². The maximum Gasteiger partial charge on any atom is 0.153 e. The van der Waals surface area contributed by atoms with Crippen LogP contribution in [0.2, 0.25) is 0 Å². The Labute approximate surface area is 159 Å². The fraction of sp³-hybridized carbons (Fsp3) is 0.263. The minimum Gasteiger partial charge on any atom is -0.393 e. The van der Waals surface area contributed by atoms with E-state index in [0.29, 0.717) is 29.0 Å². The van der Waals surface area contributed by atoms with Crippen molar-refractivity contribution in [3.8, 4) is 0 Å². The average molecular weight is 382 g/mol. The Balaban J connectivity index is 1.68. The molecule has 0 saturated heterocycles. The van der Waals surface area contributed by atoms with Gasteiger partial charge in [0.25, 0.3) is 0 Å². The average Bonchev–Trinajstić information content (AvgIpc) is 3.26. The van der Waals surface area contributed by atoms with Crippen LogP contribution in [0.3, 0.4) is 0 Å². The highest BCUT2D eigenvalue weighted by Gasteiger charge is 2.13. The third-order valence-corrected chi connectivity index (χ3v) is 4.47. The van der Waals surface area contributed by atoms with Gasteiger partial charge < -0.3 is 9.94 Å². The number of nitrogens with zero attached hydrogens (tertiary/aromatic N) is 6. The van der Waals surface area contributed by atoms with Gasteiger partial charge in [-0.25, -0.2) is 13.9 Å². The molecular weight excluding hydrogens is 363 g/mol. The molecule has 3 heterocycles. The van der Waals surface area contributed by atoms with E-state index in [2.05, 4.69) is 20.3 Å². The molecule has 0 aliphatic carbocycles. The number of aryl methyl sites for hydroxylation is 1. The molecule has 8 nitrogen and oxygen atoms in total. The lowest BCUT2D eigenvalue weighted by atomic mass is 10.1. The summed E-state index contributed by atoms with van der Waals surface area (Å²) in [7, 11) is 1.78. The summed E-state index contributed by atoms with van der Waals surface area (Å²) in [5.74, 6) is -0.294. The van der Waals surface area contributed by atoms with Crippen molar-refractivity contribution < 1.29 is 14.3 Å². The van der Waals surface area contributed by atoms with Crippen LogP contribution in [-0.2, 0) is 18.3 Å². The van der Waals surface area contributed by atoms with Crippen LogP contribution in [0.1, 0.15) is 23.9 Å². The molecule has 0 unspecified atom stereocenters. The van der Waals surface area contributed by atoms with Crippen LogP contribution in [0, 0.1) is 5.82 Å². The number of oxime groups is 1. The first kappa shape index (κ1) is 18.1. The fourth-order valence-electron chi connectivity index (χ4n) is 3.02. The van der Waals surface area contributed by atoms with Crippen LogP contribution in [0.15, 0.2) is 41.8 Å². The number of rotatable bonds is 6. The molecule has 0 amide bonds. The summed E-state index contributed by atoms with van der Waals surface area (Å²) in [6.07, 6.45) is 3.74. The Morgan fingerprint density at radius 3 is 2.96 bits per heavy atom. The van der Waals surface area contributed by atoms with Gasteiger partial charge in [0.05, 0.1) is 30.2 Å². The zero-order valence-electron chi connectivity index (χ0n) is 15.5. The molecule has 0 spiro atoms. The van der Waals surface area contributed by atoms with Crippen LogP contribution in [-0.4, -0.2) is 48.4 Å². The van der Waals surface area contributed by atoms with E-state index >= 15 is 0 Å². The molecule has 9 heteroatoms. The third-order valence-electron chi connectivity index (χ3n) is 4.47. The minimum atomic E-state index is -0.294. The van der Waals surface area contributed by atoms with Gasteiger partial charge in [-0.1, -0.05) is 5.16 Å². The number of aliphatic hydroxyl groups is 1. The number of hydrogen-bond donors (Lipinski definition) is 1. The summed E-state index contributed by atoms with van der Waals surface area (Å²) >= 11 is 0. The lowest BCUT2D eigenvalue weighted by Crippen LogP contribution is -2.07. The maximum absolute atomic E-state index is 14.6. The highest BCUT2D eigenvalue weighted by atomic mass is 19.1. The lowest BCUT2D eigenvalue weighted by Gasteiger charge is -2.06. The van der Waals surface area contributed by atoms with E-state index in [0.717, 1.165) is 16.6 Å². The quantitative estimate of drug-likeness (QED) is 0.313. The number of imidazole rings is 1. The first-order valence-electron chi connectivity index (χ1n) is 8.78. The first-order valence-corrected chi connectivity index (χ1v) is 8.78. The monoisotopic (exact) mass is 382 g/mol. The zero-order chi connectivity index (χ0) is 19.7. The van der Waals surface area contributed by atoms with E-state index in [1.165, 1.54) is 6.07 Å². The molecule has 1 N–H and O–H groups in total. The number of hydrogen-bond acceptors (Lipinski definition) is 6. The van der Waals surface area contributed by atoms with Gasteiger partial charge in [-0.2, -0.15) is 10.2 Å². The molecule has 0 aliphatic heterocycles. The van der Waals surface area contributed by atoms with Crippen LogP contribution in [0.4, 0.5) is 4.39 Å². The summed E-state index contributed by atoms with van der Waals surface area (Å²) in [6.45, 7) is 1.77. The predicted octanol–water partition coefficient (Wildman–Crippen LogP) is 2.08. The number of aromatic nitrogens is 5. The molecule has 4 aromatic rings. The van der Waals surface area contributed by atoms with Gasteiger partial charge in [0, 0.05) is 24.9 Å². The molecule has 28 heavy (non-hydrogen) atoms. The topological polar surface area (TPSA) is 89.8 Å². The Bertz CT molecular complexity index is 1180. The largest absolute Gasteiger partial charge is 0.393 e. The normalized spacial score (nSPS) is 12.2. The molecule has 0 radical (unpaired) electrons. The van der Waals surface area contributed by atoms with E-state index < -0.39 is 0 Å². The second kappa shape index (κ2) is 7.35. The van der Waals surface area contributed by atoms with E-state index in [4.69, 9.17) is 9.94 Å². The van der Waals surface area contributed by atoms with Crippen molar-refractivity contribution in [3.05, 3.63) is 59.4 Å². The van der Waals surface area contributed by atoms with Crippen LogP contribution in [0.25, 0.3) is 16.6 Å². The highest BCUT2D eigenvalue weighted by Crippen LogP contribution is 2.21. The van der Waals surface area contributed by atoms with Gasteiger partial charge in [-0.15, -0.1) is 0 Å². The number of benzene rings is 1. The van der Waals surface area contributed by atoms with E-state index in [9.17, 15) is 4.39 Å². The molecule has 144 valence electrons. The Morgan fingerprint density at radius 2 is 2.14 bits per heavy atom. The molecule has 0 fully saturated rings. The summed E-state index contributed by atoms with van der Waals surface area (Å²) in [5, 5.41) is 22.3. The molecule has 1 aromatic carbocycles. The van der Waals surface area contributed by atoms with E-state index in [1.54, 1.807) is 47.7 Å². The van der Waals surface area contributed by atoms with E-state index in [1.807, 2.05) is 6.07 Å². The standard InChI is InChI=1S/C19H19FN6O2/c1-12(24-28-6-5-27)17-3-4-19-21-11-15(26(19)23-17)8-13-7-14-10-22-25(2)18(14)9-16(13)20/h3-4,7,9-11,27H,5-6,8H2,1-2H3. The van der Waals surface area contributed by atoms with Crippen molar-refractivity contribution in [1.29, 1.82) is 0 Å². The minimum absolute atomic E-state index is 0.109. The predicted molar refractivity (Wildman–Crippen MR) is 102 cm³/mol. The van der Waals surface area contributed by atoms with Gasteiger partial charge in [-0.3, -0.25) is 4.68 Å². The molecular formula is C19H19FN6O2. The van der Waals surface area contributed by atoms with Crippen molar-refractivity contribution in [3.63, 3.8) is 0 Å². The second-order valence-corrected chi connectivity index (χ2v) is 6.42. The van der Waals surface area contributed by atoms with Crippen LogP contribution < -0.4 is 0 Å². The van der Waals surface area contributed by atoms with Crippen molar-refractivity contribution in [2.45, 2.75) is 13.3 Å². The Morgan fingerprint density at radius 1 is 1.29 bits per heavy atom. The number of halogens is 1. The smallest absolute Gasteiger partial charge is 0.153 e. The maximum atomic E-state index is 14.6. The molecule has 4 rings (SSSR count). The van der Waals surface area contributed by atoms with Crippen molar-refractivity contribution in [1.82, 2.24) is 24.4 Å². The van der Waals surface area contributed by atoms with Gasteiger partial charge in [0.2, 0.25) is 0 Å². The molecule has 0 bridgehead atoms. The van der Waals surface area contributed by atoms with Gasteiger partial charge in [-0.05, 0) is 30.7 Å². The second-order valence-electron chi connectivity index (χ2n) is 6.42.